The zero-order chi connectivity index (χ0) is 13.1. The van der Waals surface area contributed by atoms with Crippen LogP contribution >= 0.6 is 23.4 Å². The van der Waals surface area contributed by atoms with Crippen LogP contribution in [0.2, 0.25) is 5.02 Å². The molecule has 0 fully saturated rings. The van der Waals surface area contributed by atoms with E-state index in [2.05, 4.69) is 15.2 Å². The van der Waals surface area contributed by atoms with Crippen LogP contribution in [0.3, 0.4) is 0 Å². The molecule has 7 heteroatoms. The summed E-state index contributed by atoms with van der Waals surface area (Å²) in [6.45, 7) is 4.09. The van der Waals surface area contributed by atoms with E-state index in [9.17, 15) is 0 Å². The number of pyridine rings is 1. The van der Waals surface area contributed by atoms with E-state index in [1.165, 1.54) is 0 Å². The van der Waals surface area contributed by atoms with E-state index in [-0.39, 0.29) is 6.04 Å². The highest BCUT2D eigenvalue weighted by molar-refractivity contribution is 7.98. The number of hydrogen-bond donors (Lipinski definition) is 1. The van der Waals surface area contributed by atoms with Crippen LogP contribution in [0.1, 0.15) is 25.5 Å². The van der Waals surface area contributed by atoms with Crippen LogP contribution in [0.15, 0.2) is 23.6 Å². The minimum atomic E-state index is 0.232. The lowest BCUT2D eigenvalue weighted by molar-refractivity contribution is 0.557. The number of rotatable bonds is 4. The van der Waals surface area contributed by atoms with Gasteiger partial charge in [0.15, 0.2) is 5.16 Å². The first-order valence-corrected chi connectivity index (χ1v) is 6.87. The lowest BCUT2D eigenvalue weighted by Gasteiger charge is -2.11. The first-order chi connectivity index (χ1) is 8.59. The normalized spacial score (nSPS) is 11.1. The Kier molecular flexibility index (Phi) is 4.08. The lowest BCUT2D eigenvalue weighted by atomic mass is 10.3. The minimum Gasteiger partial charge on any atom is -0.368 e. The van der Waals surface area contributed by atoms with Crippen molar-refractivity contribution in [2.45, 2.75) is 30.8 Å². The quantitative estimate of drug-likeness (QED) is 0.874. The van der Waals surface area contributed by atoms with Crippen molar-refractivity contribution in [2.75, 3.05) is 5.73 Å². The van der Waals surface area contributed by atoms with Crippen LogP contribution < -0.4 is 5.73 Å². The third kappa shape index (κ3) is 2.76. The predicted molar refractivity (Wildman–Crippen MR) is 73.6 cm³/mol. The summed E-state index contributed by atoms with van der Waals surface area (Å²) in [5, 5.41) is 9.43. The second-order valence-electron chi connectivity index (χ2n) is 4.06. The van der Waals surface area contributed by atoms with Gasteiger partial charge in [0.2, 0.25) is 5.95 Å². The monoisotopic (exact) mass is 283 g/mol. The predicted octanol–water partition coefficient (Wildman–Crippen LogP) is 2.78. The molecule has 2 N–H and O–H groups in total. The highest BCUT2D eigenvalue weighted by Gasteiger charge is 2.13. The van der Waals surface area contributed by atoms with Crippen molar-refractivity contribution < 1.29 is 0 Å². The Hall–Kier alpha value is -1.27. The SMILES string of the molecule is CC(C)n1c(N)nnc1SCc1ccncc1Cl. The molecule has 0 aromatic carbocycles. The molecule has 0 spiro atoms. The Bertz CT molecular complexity index is 540. The molecule has 18 heavy (non-hydrogen) atoms. The molecule has 0 aliphatic carbocycles. The average Bonchev–Trinajstić information content (AvgIpc) is 2.69. The fraction of sp³-hybridized carbons (Fsp3) is 0.364. The fourth-order valence-electron chi connectivity index (χ4n) is 1.54. The molecule has 2 heterocycles. The Morgan fingerprint density at radius 2 is 2.22 bits per heavy atom. The van der Waals surface area contributed by atoms with Gasteiger partial charge in [0, 0.05) is 24.2 Å². The Balaban J connectivity index is 2.14. The van der Waals surface area contributed by atoms with Gasteiger partial charge in [0.1, 0.15) is 0 Å². The average molecular weight is 284 g/mol. The van der Waals surface area contributed by atoms with Gasteiger partial charge in [0.25, 0.3) is 0 Å². The van der Waals surface area contributed by atoms with Crippen LogP contribution in [0, 0.1) is 0 Å². The van der Waals surface area contributed by atoms with Crippen molar-refractivity contribution in [3.05, 3.63) is 29.0 Å². The third-order valence-corrected chi connectivity index (χ3v) is 3.75. The molecule has 0 radical (unpaired) electrons. The second kappa shape index (κ2) is 5.58. The summed E-state index contributed by atoms with van der Waals surface area (Å²) in [5.74, 6) is 1.15. The maximum Gasteiger partial charge on any atom is 0.222 e. The molecule has 2 aromatic heterocycles. The molecule has 0 aliphatic heterocycles. The summed E-state index contributed by atoms with van der Waals surface area (Å²) in [7, 11) is 0. The van der Waals surface area contributed by atoms with E-state index < -0.39 is 0 Å². The minimum absolute atomic E-state index is 0.232. The summed E-state index contributed by atoms with van der Waals surface area (Å²) in [6, 6.07) is 2.13. The first-order valence-electron chi connectivity index (χ1n) is 5.51. The van der Waals surface area contributed by atoms with Gasteiger partial charge < -0.3 is 5.73 Å². The van der Waals surface area contributed by atoms with Crippen LogP contribution in [0.4, 0.5) is 5.95 Å². The third-order valence-electron chi connectivity index (χ3n) is 2.42. The largest absolute Gasteiger partial charge is 0.368 e. The maximum atomic E-state index is 6.05. The molecule has 0 aliphatic rings. The van der Waals surface area contributed by atoms with E-state index in [1.54, 1.807) is 24.2 Å². The molecule has 0 saturated heterocycles. The summed E-state index contributed by atoms with van der Waals surface area (Å²) in [5.41, 5.74) is 6.80. The van der Waals surface area contributed by atoms with Gasteiger partial charge in [-0.3, -0.25) is 9.55 Å². The number of aromatic nitrogens is 4. The molecule has 2 aromatic rings. The lowest BCUT2D eigenvalue weighted by Crippen LogP contribution is -2.07. The Morgan fingerprint density at radius 1 is 1.44 bits per heavy atom. The number of hydrogen-bond acceptors (Lipinski definition) is 5. The van der Waals surface area contributed by atoms with Crippen molar-refractivity contribution in [1.29, 1.82) is 0 Å². The molecule has 0 unspecified atom stereocenters. The summed E-state index contributed by atoms with van der Waals surface area (Å²) in [4.78, 5) is 3.96. The van der Waals surface area contributed by atoms with E-state index in [0.29, 0.717) is 16.7 Å². The van der Waals surface area contributed by atoms with Gasteiger partial charge in [-0.15, -0.1) is 10.2 Å². The standard InChI is InChI=1S/C11H14ClN5S/c1-7(2)17-10(13)15-16-11(17)18-6-8-3-4-14-5-9(8)12/h3-5,7H,6H2,1-2H3,(H2,13,15). The molecule has 0 saturated carbocycles. The summed E-state index contributed by atoms with van der Waals surface area (Å²) < 4.78 is 1.90. The van der Waals surface area contributed by atoms with Crippen molar-refractivity contribution in [3.63, 3.8) is 0 Å². The number of thioether (sulfide) groups is 1. The van der Waals surface area contributed by atoms with Crippen LogP contribution in [0.25, 0.3) is 0 Å². The molecular weight excluding hydrogens is 270 g/mol. The molecule has 5 nitrogen and oxygen atoms in total. The van der Waals surface area contributed by atoms with E-state index >= 15 is 0 Å². The smallest absolute Gasteiger partial charge is 0.222 e. The van der Waals surface area contributed by atoms with Crippen LogP contribution in [-0.4, -0.2) is 19.7 Å². The van der Waals surface area contributed by atoms with Crippen molar-refractivity contribution in [1.82, 2.24) is 19.7 Å². The molecule has 2 rings (SSSR count). The number of nitrogens with zero attached hydrogens (tertiary/aromatic N) is 4. The van der Waals surface area contributed by atoms with Gasteiger partial charge in [-0.1, -0.05) is 23.4 Å². The summed E-state index contributed by atoms with van der Waals surface area (Å²) in [6.07, 6.45) is 3.36. The zero-order valence-corrected chi connectivity index (χ0v) is 11.7. The highest BCUT2D eigenvalue weighted by atomic mass is 35.5. The van der Waals surface area contributed by atoms with E-state index in [0.717, 1.165) is 10.7 Å². The zero-order valence-electron chi connectivity index (χ0n) is 10.2. The molecule has 0 amide bonds. The van der Waals surface area contributed by atoms with E-state index in [1.807, 2.05) is 24.5 Å². The molecular formula is C11H14ClN5S. The topological polar surface area (TPSA) is 69.6 Å². The van der Waals surface area contributed by atoms with Crippen LogP contribution in [0.5, 0.6) is 0 Å². The maximum absolute atomic E-state index is 6.05. The van der Waals surface area contributed by atoms with Gasteiger partial charge in [-0.2, -0.15) is 0 Å². The first kappa shape index (κ1) is 13.2. The Morgan fingerprint density at radius 3 is 2.89 bits per heavy atom. The highest BCUT2D eigenvalue weighted by Crippen LogP contribution is 2.27. The van der Waals surface area contributed by atoms with Crippen molar-refractivity contribution in [2.24, 2.45) is 0 Å². The fourth-order valence-corrected chi connectivity index (χ4v) is 2.88. The van der Waals surface area contributed by atoms with Gasteiger partial charge in [-0.05, 0) is 25.5 Å². The number of anilines is 1. The molecule has 0 bridgehead atoms. The van der Waals surface area contributed by atoms with Crippen molar-refractivity contribution in [3.8, 4) is 0 Å². The van der Waals surface area contributed by atoms with Crippen molar-refractivity contribution >= 4 is 29.3 Å². The summed E-state index contributed by atoms with van der Waals surface area (Å²) >= 11 is 7.62. The number of nitrogens with two attached hydrogens (primary N) is 1. The van der Waals surface area contributed by atoms with Gasteiger partial charge in [-0.25, -0.2) is 0 Å². The molecule has 96 valence electrons. The number of nitrogen functional groups attached to an aromatic ring is 1. The Labute approximate surface area is 115 Å². The molecule has 0 atom stereocenters. The van der Waals surface area contributed by atoms with Gasteiger partial charge in [0.05, 0.1) is 5.02 Å². The number of halogens is 1. The van der Waals surface area contributed by atoms with Gasteiger partial charge >= 0.3 is 0 Å². The van der Waals surface area contributed by atoms with E-state index in [4.69, 9.17) is 17.3 Å². The van der Waals surface area contributed by atoms with Crippen LogP contribution in [-0.2, 0) is 5.75 Å². The second-order valence-corrected chi connectivity index (χ2v) is 5.41.